The first-order valence-corrected chi connectivity index (χ1v) is 6.73. The van der Waals surface area contributed by atoms with Gasteiger partial charge in [0.15, 0.2) is 0 Å². The first kappa shape index (κ1) is 11.3. The molecule has 0 N–H and O–H groups in total. The highest BCUT2D eigenvalue weighted by Gasteiger charge is 2.43. The summed E-state index contributed by atoms with van der Waals surface area (Å²) in [5.41, 5.74) is 5.25. The fraction of sp³-hybridized carbons (Fsp3) is 0.625. The molecule has 1 fully saturated rings. The molecule has 1 heterocycles. The Morgan fingerprint density at radius 3 is 2.53 bits per heavy atom. The first-order valence-electron chi connectivity index (χ1n) is 6.73. The average molecular weight is 230 g/mol. The second-order valence-electron chi connectivity index (χ2n) is 6.75. The molecule has 0 bridgehead atoms. The van der Waals surface area contributed by atoms with Crippen molar-refractivity contribution >= 4 is 0 Å². The predicted octanol–water partition coefficient (Wildman–Crippen LogP) is 3.59. The van der Waals surface area contributed by atoms with E-state index in [4.69, 9.17) is 4.74 Å². The van der Waals surface area contributed by atoms with Crippen molar-refractivity contribution in [2.45, 2.75) is 50.9 Å². The minimum absolute atomic E-state index is 0.260. The Morgan fingerprint density at radius 1 is 1.18 bits per heavy atom. The summed E-state index contributed by atoms with van der Waals surface area (Å²) in [6.07, 6.45) is 3.89. The second kappa shape index (κ2) is 3.58. The lowest BCUT2D eigenvalue weighted by Crippen LogP contribution is -2.48. The van der Waals surface area contributed by atoms with E-state index in [0.717, 1.165) is 13.2 Å². The average Bonchev–Trinajstić information content (AvgIpc) is 2.24. The second-order valence-corrected chi connectivity index (χ2v) is 6.75. The Morgan fingerprint density at radius 2 is 1.94 bits per heavy atom. The highest BCUT2D eigenvalue weighted by atomic mass is 16.5. The lowest BCUT2D eigenvalue weighted by Gasteiger charge is -2.46. The third kappa shape index (κ3) is 1.72. The summed E-state index contributed by atoms with van der Waals surface area (Å²) in [6, 6.07) is 7.14. The van der Waals surface area contributed by atoms with E-state index < -0.39 is 0 Å². The van der Waals surface area contributed by atoms with Crippen LogP contribution in [0.4, 0.5) is 0 Å². The molecule has 0 amide bonds. The zero-order chi connectivity index (χ0) is 12.1. The number of aryl methyl sites for hydroxylation is 1. The molecule has 0 atom stereocenters. The van der Waals surface area contributed by atoms with E-state index in [9.17, 15) is 0 Å². The summed E-state index contributed by atoms with van der Waals surface area (Å²) in [5, 5.41) is 0. The number of hydrogen-bond donors (Lipinski definition) is 0. The van der Waals surface area contributed by atoms with Crippen LogP contribution in [0, 0.1) is 0 Å². The van der Waals surface area contributed by atoms with Crippen LogP contribution in [0.2, 0.25) is 0 Å². The fourth-order valence-electron chi connectivity index (χ4n) is 3.18. The lowest BCUT2D eigenvalue weighted by atomic mass is 9.67. The van der Waals surface area contributed by atoms with Gasteiger partial charge >= 0.3 is 0 Å². The van der Waals surface area contributed by atoms with Crippen LogP contribution in [0.5, 0.6) is 0 Å². The maximum absolute atomic E-state index is 5.47. The number of ether oxygens (including phenoxy) is 1. The summed E-state index contributed by atoms with van der Waals surface area (Å²) in [7, 11) is 0. The summed E-state index contributed by atoms with van der Waals surface area (Å²) < 4.78 is 5.47. The van der Waals surface area contributed by atoms with Crippen molar-refractivity contribution in [3.63, 3.8) is 0 Å². The lowest BCUT2D eigenvalue weighted by molar-refractivity contribution is -0.0682. The number of rotatable bonds is 0. The topological polar surface area (TPSA) is 9.23 Å². The predicted molar refractivity (Wildman–Crippen MR) is 70.6 cm³/mol. The maximum Gasteiger partial charge on any atom is 0.0585 e. The molecular weight excluding hydrogens is 208 g/mol. The van der Waals surface area contributed by atoms with Crippen molar-refractivity contribution in [2.75, 3.05) is 13.2 Å². The van der Waals surface area contributed by atoms with Crippen LogP contribution in [-0.2, 0) is 22.0 Å². The largest absolute Gasteiger partial charge is 0.379 e. The Bertz CT molecular complexity index is 435. The Hall–Kier alpha value is -0.820. The van der Waals surface area contributed by atoms with Gasteiger partial charge < -0.3 is 4.74 Å². The van der Waals surface area contributed by atoms with Gasteiger partial charge in [-0.25, -0.2) is 0 Å². The van der Waals surface area contributed by atoms with Crippen molar-refractivity contribution in [1.82, 2.24) is 0 Å². The van der Waals surface area contributed by atoms with Gasteiger partial charge in [-0.1, -0.05) is 39.0 Å². The summed E-state index contributed by atoms with van der Waals surface area (Å²) in [4.78, 5) is 0. The molecule has 1 heteroatoms. The number of fused-ring (bicyclic) bond motifs is 2. The molecule has 1 saturated heterocycles. The molecule has 3 rings (SSSR count). The number of benzene rings is 1. The van der Waals surface area contributed by atoms with Gasteiger partial charge in [-0.15, -0.1) is 0 Å². The molecular formula is C16H22O. The molecule has 92 valence electrons. The minimum atomic E-state index is 0.260. The normalized spacial score (nSPS) is 22.1. The van der Waals surface area contributed by atoms with Crippen LogP contribution in [-0.4, -0.2) is 13.2 Å². The van der Waals surface area contributed by atoms with E-state index in [0.29, 0.717) is 5.41 Å². The van der Waals surface area contributed by atoms with Crippen LogP contribution in [0.25, 0.3) is 0 Å². The molecule has 1 aliphatic heterocycles. The molecule has 1 aromatic carbocycles. The van der Waals surface area contributed by atoms with Crippen LogP contribution < -0.4 is 0 Å². The van der Waals surface area contributed by atoms with E-state index in [2.05, 4.69) is 39.0 Å². The highest BCUT2D eigenvalue weighted by Crippen LogP contribution is 2.43. The van der Waals surface area contributed by atoms with Gasteiger partial charge in [0.2, 0.25) is 0 Å². The van der Waals surface area contributed by atoms with Crippen molar-refractivity contribution in [1.29, 1.82) is 0 Å². The van der Waals surface area contributed by atoms with Gasteiger partial charge in [-0.05, 0) is 41.4 Å². The number of hydrogen-bond acceptors (Lipinski definition) is 1. The summed E-state index contributed by atoms with van der Waals surface area (Å²) >= 11 is 0. The van der Waals surface area contributed by atoms with Crippen LogP contribution in [0.15, 0.2) is 18.2 Å². The molecule has 0 saturated carbocycles. The Kier molecular flexibility index (Phi) is 2.38. The third-order valence-corrected chi connectivity index (χ3v) is 4.40. The smallest absolute Gasteiger partial charge is 0.0585 e. The van der Waals surface area contributed by atoms with E-state index in [1.54, 1.807) is 11.1 Å². The molecule has 17 heavy (non-hydrogen) atoms. The van der Waals surface area contributed by atoms with Crippen molar-refractivity contribution in [3.05, 3.63) is 34.9 Å². The summed E-state index contributed by atoms with van der Waals surface area (Å²) in [5.74, 6) is 0. The van der Waals surface area contributed by atoms with Crippen LogP contribution in [0.3, 0.4) is 0 Å². The van der Waals surface area contributed by atoms with Crippen LogP contribution in [0.1, 0.15) is 50.3 Å². The van der Waals surface area contributed by atoms with Gasteiger partial charge in [0.25, 0.3) is 0 Å². The zero-order valence-corrected chi connectivity index (χ0v) is 11.2. The summed E-state index contributed by atoms with van der Waals surface area (Å²) in [6.45, 7) is 8.75. The molecule has 1 nitrogen and oxygen atoms in total. The maximum atomic E-state index is 5.47. The Balaban J connectivity index is 2.04. The zero-order valence-electron chi connectivity index (χ0n) is 11.2. The molecule has 1 aliphatic carbocycles. The first-order chi connectivity index (χ1) is 8.01. The SMILES string of the molecule is CC(C)(C)c1ccc2c(c1)CCCC21COC1. The molecule has 2 aliphatic rings. The fourth-order valence-corrected chi connectivity index (χ4v) is 3.18. The van der Waals surface area contributed by atoms with Gasteiger partial charge in [0.05, 0.1) is 13.2 Å². The van der Waals surface area contributed by atoms with E-state index in [-0.39, 0.29) is 5.41 Å². The molecule has 0 radical (unpaired) electrons. The van der Waals surface area contributed by atoms with E-state index in [1.807, 2.05) is 0 Å². The quantitative estimate of drug-likeness (QED) is 0.662. The van der Waals surface area contributed by atoms with Crippen molar-refractivity contribution in [3.8, 4) is 0 Å². The molecule has 1 aromatic rings. The molecule has 0 unspecified atom stereocenters. The van der Waals surface area contributed by atoms with Gasteiger partial charge in [-0.3, -0.25) is 0 Å². The van der Waals surface area contributed by atoms with Gasteiger partial charge in [-0.2, -0.15) is 0 Å². The van der Waals surface area contributed by atoms with Crippen LogP contribution >= 0.6 is 0 Å². The highest BCUT2D eigenvalue weighted by molar-refractivity contribution is 5.42. The van der Waals surface area contributed by atoms with Gasteiger partial charge in [0.1, 0.15) is 0 Å². The third-order valence-electron chi connectivity index (χ3n) is 4.40. The van der Waals surface area contributed by atoms with Crippen molar-refractivity contribution < 1.29 is 4.74 Å². The van der Waals surface area contributed by atoms with Crippen molar-refractivity contribution in [2.24, 2.45) is 0 Å². The molecule has 1 spiro atoms. The monoisotopic (exact) mass is 230 g/mol. The van der Waals surface area contributed by atoms with E-state index in [1.165, 1.54) is 24.8 Å². The Labute approximate surface area is 104 Å². The van der Waals surface area contributed by atoms with E-state index >= 15 is 0 Å². The molecule has 0 aromatic heterocycles. The standard InChI is InChI=1S/C16H22O/c1-15(2,3)13-6-7-14-12(9-13)5-4-8-16(14)10-17-11-16/h6-7,9H,4-5,8,10-11H2,1-3H3. The van der Waals surface area contributed by atoms with Gasteiger partial charge in [0, 0.05) is 5.41 Å². The minimum Gasteiger partial charge on any atom is -0.379 e.